The minimum absolute atomic E-state index is 0.179. The summed E-state index contributed by atoms with van der Waals surface area (Å²) in [6, 6.07) is 17.6. The summed E-state index contributed by atoms with van der Waals surface area (Å²) in [5.41, 5.74) is 4.77. The van der Waals surface area contributed by atoms with Crippen LogP contribution in [0.2, 0.25) is 10.0 Å². The topological polar surface area (TPSA) is 53.1 Å². The number of nitrogens with one attached hydrogen (secondary N) is 1. The Kier molecular flexibility index (Phi) is 4.43. The van der Waals surface area contributed by atoms with Gasteiger partial charge < -0.3 is 5.32 Å². The van der Waals surface area contributed by atoms with Crippen LogP contribution in [0.1, 0.15) is 30.9 Å². The molecule has 1 N–H and O–H groups in total. The van der Waals surface area contributed by atoms with E-state index >= 15 is 0 Å². The summed E-state index contributed by atoms with van der Waals surface area (Å²) < 4.78 is 1.97. The third-order valence-electron chi connectivity index (χ3n) is 4.53. The van der Waals surface area contributed by atoms with E-state index in [0.717, 1.165) is 28.1 Å². The number of hydrogen-bond acceptors (Lipinski definition) is 3. The molecule has 0 radical (unpaired) electrons. The van der Waals surface area contributed by atoms with Gasteiger partial charge in [0.05, 0.1) is 26.6 Å². The van der Waals surface area contributed by atoms with Crippen LogP contribution < -0.4 is 5.32 Å². The smallest absolute Gasteiger partial charge is 0.157 e. The van der Waals surface area contributed by atoms with Gasteiger partial charge in [-0.2, -0.15) is 5.26 Å². The zero-order valence-electron chi connectivity index (χ0n) is 14.8. The summed E-state index contributed by atoms with van der Waals surface area (Å²) in [4.78, 5) is 4.72. The Balaban J connectivity index is 2.03. The van der Waals surface area contributed by atoms with Crippen molar-refractivity contribution in [3.63, 3.8) is 0 Å². The van der Waals surface area contributed by atoms with Gasteiger partial charge >= 0.3 is 0 Å². The van der Waals surface area contributed by atoms with Crippen LogP contribution in [0.3, 0.4) is 0 Å². The maximum atomic E-state index is 9.78. The lowest BCUT2D eigenvalue weighted by Gasteiger charge is -2.16. The van der Waals surface area contributed by atoms with Gasteiger partial charge in [-0.15, -0.1) is 0 Å². The van der Waals surface area contributed by atoms with Crippen LogP contribution in [-0.4, -0.2) is 9.38 Å². The number of nitrogens with zero attached hydrogens (tertiary/aromatic N) is 3. The number of para-hydroxylation sites is 2. The number of hydrogen-bond donors (Lipinski definition) is 1. The van der Waals surface area contributed by atoms with E-state index in [4.69, 9.17) is 28.2 Å². The van der Waals surface area contributed by atoms with Crippen molar-refractivity contribution >= 4 is 51.4 Å². The molecular weight excluding hydrogens is 379 g/mol. The SMILES string of the molecule is CC(C)c1cc(Nc2ccc(Cl)c(Cl)c2)n2c(nc3ccccc32)c1C#N. The monoisotopic (exact) mass is 394 g/mol. The van der Waals surface area contributed by atoms with E-state index in [1.165, 1.54) is 0 Å². The Labute approximate surface area is 167 Å². The molecule has 0 aliphatic heterocycles. The highest BCUT2D eigenvalue weighted by molar-refractivity contribution is 6.42. The Morgan fingerprint density at radius 2 is 1.85 bits per heavy atom. The molecule has 2 aromatic heterocycles. The molecule has 0 amide bonds. The van der Waals surface area contributed by atoms with Gasteiger partial charge in [-0.3, -0.25) is 4.40 Å². The summed E-state index contributed by atoms with van der Waals surface area (Å²) in [5, 5.41) is 14.2. The first kappa shape index (κ1) is 17.7. The molecule has 0 unspecified atom stereocenters. The second-order valence-electron chi connectivity index (χ2n) is 6.64. The van der Waals surface area contributed by atoms with Crippen LogP contribution in [-0.2, 0) is 0 Å². The molecule has 0 saturated carbocycles. The van der Waals surface area contributed by atoms with Crippen molar-refractivity contribution in [3.8, 4) is 6.07 Å². The van der Waals surface area contributed by atoms with Crippen LogP contribution in [0.15, 0.2) is 48.5 Å². The van der Waals surface area contributed by atoms with Crippen LogP contribution in [0, 0.1) is 11.3 Å². The number of nitriles is 1. The van der Waals surface area contributed by atoms with E-state index in [0.29, 0.717) is 21.3 Å². The standard InChI is InChI=1S/C21H16Cl2N4/c1-12(2)14-10-20(25-13-7-8-16(22)17(23)9-13)27-19-6-4-3-5-18(19)26-21(27)15(14)11-24/h3-10,12,25H,1-2H3. The van der Waals surface area contributed by atoms with Gasteiger partial charge in [0.25, 0.3) is 0 Å². The van der Waals surface area contributed by atoms with Gasteiger partial charge in [-0.1, -0.05) is 49.2 Å². The lowest BCUT2D eigenvalue weighted by Crippen LogP contribution is -2.04. The first-order valence-corrected chi connectivity index (χ1v) is 9.31. The Morgan fingerprint density at radius 1 is 1.07 bits per heavy atom. The molecule has 0 aliphatic carbocycles. The van der Waals surface area contributed by atoms with Crippen molar-refractivity contribution in [2.24, 2.45) is 0 Å². The lowest BCUT2D eigenvalue weighted by atomic mass is 9.99. The van der Waals surface area contributed by atoms with E-state index in [2.05, 4.69) is 25.2 Å². The third-order valence-corrected chi connectivity index (χ3v) is 5.27. The molecule has 2 heterocycles. The van der Waals surface area contributed by atoms with Gasteiger partial charge in [0.15, 0.2) is 5.65 Å². The Hall–Kier alpha value is -2.74. The molecule has 0 saturated heterocycles. The number of benzene rings is 2. The largest absolute Gasteiger partial charge is 0.341 e. The van der Waals surface area contributed by atoms with Crippen LogP contribution in [0.4, 0.5) is 11.5 Å². The number of anilines is 2. The fraction of sp³-hybridized carbons (Fsp3) is 0.143. The molecule has 6 heteroatoms. The predicted molar refractivity (Wildman–Crippen MR) is 111 cm³/mol. The first-order chi connectivity index (χ1) is 13.0. The van der Waals surface area contributed by atoms with Gasteiger partial charge in [0.1, 0.15) is 11.9 Å². The molecule has 0 atom stereocenters. The average molecular weight is 395 g/mol. The fourth-order valence-corrected chi connectivity index (χ4v) is 3.53. The Morgan fingerprint density at radius 3 is 2.56 bits per heavy atom. The van der Waals surface area contributed by atoms with Gasteiger partial charge in [0.2, 0.25) is 0 Å². The molecule has 2 aromatic carbocycles. The predicted octanol–water partition coefficient (Wildman–Crippen LogP) is 6.53. The molecule has 0 aliphatic rings. The number of imidazole rings is 1. The van der Waals surface area contributed by atoms with Gasteiger partial charge in [0, 0.05) is 5.69 Å². The second-order valence-corrected chi connectivity index (χ2v) is 7.45. The van der Waals surface area contributed by atoms with Crippen LogP contribution in [0.25, 0.3) is 16.7 Å². The number of pyridine rings is 1. The molecule has 0 bridgehead atoms. The molecule has 27 heavy (non-hydrogen) atoms. The van der Waals surface area contributed by atoms with E-state index in [-0.39, 0.29) is 5.92 Å². The van der Waals surface area contributed by atoms with Crippen molar-refractivity contribution in [1.29, 1.82) is 5.26 Å². The van der Waals surface area contributed by atoms with E-state index in [1.807, 2.05) is 40.8 Å². The van der Waals surface area contributed by atoms with E-state index < -0.39 is 0 Å². The van der Waals surface area contributed by atoms with Crippen molar-refractivity contribution in [2.75, 3.05) is 5.32 Å². The number of fused-ring (bicyclic) bond motifs is 3. The molecule has 0 spiro atoms. The summed E-state index contributed by atoms with van der Waals surface area (Å²) >= 11 is 12.2. The van der Waals surface area contributed by atoms with Crippen LogP contribution in [0.5, 0.6) is 0 Å². The summed E-state index contributed by atoms with van der Waals surface area (Å²) in [6.07, 6.45) is 0. The summed E-state index contributed by atoms with van der Waals surface area (Å²) in [6.45, 7) is 4.14. The fourth-order valence-electron chi connectivity index (χ4n) is 3.23. The maximum absolute atomic E-state index is 9.78. The number of halogens is 2. The van der Waals surface area contributed by atoms with Crippen LogP contribution >= 0.6 is 23.2 Å². The summed E-state index contributed by atoms with van der Waals surface area (Å²) in [5.74, 6) is 0.999. The van der Waals surface area contributed by atoms with E-state index in [1.54, 1.807) is 12.1 Å². The Bertz CT molecular complexity index is 1220. The third kappa shape index (κ3) is 2.99. The molecule has 134 valence electrons. The van der Waals surface area contributed by atoms with Gasteiger partial charge in [-0.25, -0.2) is 4.98 Å². The van der Waals surface area contributed by atoms with E-state index in [9.17, 15) is 5.26 Å². The average Bonchev–Trinajstić information content (AvgIpc) is 3.04. The molecule has 4 aromatic rings. The van der Waals surface area contributed by atoms with Crippen molar-refractivity contribution in [3.05, 3.63) is 69.7 Å². The first-order valence-electron chi connectivity index (χ1n) is 8.56. The second kappa shape index (κ2) is 6.77. The molecule has 4 rings (SSSR count). The van der Waals surface area contributed by atoms with Crippen molar-refractivity contribution in [1.82, 2.24) is 9.38 Å². The minimum atomic E-state index is 0.179. The quantitative estimate of drug-likeness (QED) is 0.429. The minimum Gasteiger partial charge on any atom is -0.341 e. The normalized spacial score (nSPS) is 11.3. The number of aromatic nitrogens is 2. The highest BCUT2D eigenvalue weighted by atomic mass is 35.5. The molecule has 4 nitrogen and oxygen atoms in total. The molecular formula is C21H16Cl2N4. The maximum Gasteiger partial charge on any atom is 0.157 e. The lowest BCUT2D eigenvalue weighted by molar-refractivity contribution is 0.860. The highest BCUT2D eigenvalue weighted by Gasteiger charge is 2.18. The van der Waals surface area contributed by atoms with Crippen molar-refractivity contribution < 1.29 is 0 Å². The highest BCUT2D eigenvalue weighted by Crippen LogP contribution is 2.33. The summed E-state index contributed by atoms with van der Waals surface area (Å²) in [7, 11) is 0. The number of rotatable bonds is 3. The molecule has 0 fully saturated rings. The van der Waals surface area contributed by atoms with Crippen molar-refractivity contribution in [2.45, 2.75) is 19.8 Å². The zero-order chi connectivity index (χ0) is 19.1. The zero-order valence-corrected chi connectivity index (χ0v) is 16.3. The van der Waals surface area contributed by atoms with Gasteiger partial charge in [-0.05, 0) is 47.9 Å².